The zero-order valence-corrected chi connectivity index (χ0v) is 20.0. The Hall–Kier alpha value is -2.84. The van der Waals surface area contributed by atoms with Crippen molar-refractivity contribution in [3.8, 4) is 21.1 Å². The lowest BCUT2D eigenvalue weighted by atomic mass is 10.3. The maximum Gasteiger partial charge on any atom is 0.310 e. The van der Waals surface area contributed by atoms with Crippen LogP contribution in [0.15, 0.2) is 35.0 Å². The number of nitrogens with two attached hydrogens (primary N) is 2. The van der Waals surface area contributed by atoms with Crippen LogP contribution in [-0.2, 0) is 27.2 Å². The van der Waals surface area contributed by atoms with Crippen molar-refractivity contribution < 1.29 is 19.5 Å². The third-order valence-electron chi connectivity index (χ3n) is 3.88. The number of anilines is 2. The van der Waals surface area contributed by atoms with Crippen molar-refractivity contribution in [2.24, 2.45) is 0 Å². The summed E-state index contributed by atoms with van der Waals surface area (Å²) in [6.07, 6.45) is 0.474. The van der Waals surface area contributed by atoms with Gasteiger partial charge in [-0.15, -0.1) is 45.3 Å². The molecule has 6 N–H and O–H groups in total. The van der Waals surface area contributed by atoms with Crippen LogP contribution in [0.5, 0.6) is 0 Å². The van der Waals surface area contributed by atoms with E-state index in [9.17, 15) is 9.59 Å². The van der Waals surface area contributed by atoms with Gasteiger partial charge in [0.2, 0.25) is 5.91 Å². The molecule has 0 radical (unpaired) electrons. The average Bonchev–Trinajstić information content (AvgIpc) is 3.56. The minimum Gasteiger partial charge on any atom is -0.469 e. The molecular weight excluding hydrogens is 491 g/mol. The number of nitrogens with zero attached hydrogens (tertiary/aromatic N) is 2. The van der Waals surface area contributed by atoms with Crippen LogP contribution in [-0.4, -0.2) is 34.2 Å². The first-order chi connectivity index (χ1) is 15.4. The van der Waals surface area contributed by atoms with Crippen molar-refractivity contribution in [1.82, 2.24) is 15.4 Å². The van der Waals surface area contributed by atoms with E-state index in [1.165, 1.54) is 52.5 Å². The van der Waals surface area contributed by atoms with Crippen molar-refractivity contribution in [1.29, 1.82) is 0 Å². The zero-order chi connectivity index (χ0) is 23.1. The van der Waals surface area contributed by atoms with E-state index in [2.05, 4.69) is 14.7 Å². The zero-order valence-electron chi connectivity index (χ0n) is 16.7. The van der Waals surface area contributed by atoms with Gasteiger partial charge >= 0.3 is 5.97 Å². The Kier molecular flexibility index (Phi) is 8.30. The maximum absolute atomic E-state index is 11.1. The molecule has 13 heteroatoms. The van der Waals surface area contributed by atoms with Gasteiger partial charge in [-0.05, 0) is 24.3 Å². The first-order valence-electron chi connectivity index (χ1n) is 8.98. The molecule has 0 atom stereocenters. The largest absolute Gasteiger partial charge is 0.469 e. The fourth-order valence-corrected chi connectivity index (χ4v) is 5.63. The topological polar surface area (TPSA) is 153 Å². The predicted octanol–water partition coefficient (Wildman–Crippen LogP) is 3.67. The van der Waals surface area contributed by atoms with E-state index in [1.807, 2.05) is 35.0 Å². The monoisotopic (exact) mass is 509 g/mol. The summed E-state index contributed by atoms with van der Waals surface area (Å²) in [6, 6.07) is 7.58. The van der Waals surface area contributed by atoms with Gasteiger partial charge in [0, 0.05) is 20.5 Å². The SMILES string of the molecule is COC(=O)Cc1ccc(-c2csc(N)n2)s1.Nc1nc(-c2ccc(CC(=O)NO)s2)cs1. The normalized spacial score (nSPS) is 10.3. The number of rotatable bonds is 6. The number of esters is 1. The number of carbonyl (C=O) groups is 2. The van der Waals surface area contributed by atoms with Gasteiger partial charge in [0.1, 0.15) is 0 Å². The van der Waals surface area contributed by atoms with E-state index >= 15 is 0 Å². The van der Waals surface area contributed by atoms with E-state index in [-0.39, 0.29) is 12.4 Å². The summed E-state index contributed by atoms with van der Waals surface area (Å²) in [7, 11) is 1.39. The highest BCUT2D eigenvalue weighted by molar-refractivity contribution is 7.17. The number of carbonyl (C=O) groups excluding carboxylic acids is 2. The van der Waals surface area contributed by atoms with Crippen LogP contribution in [0.4, 0.5) is 10.3 Å². The predicted molar refractivity (Wildman–Crippen MR) is 129 cm³/mol. The molecular formula is C19H19N5O4S4. The first kappa shape index (κ1) is 23.8. The number of hydrogen-bond donors (Lipinski definition) is 4. The highest BCUT2D eigenvalue weighted by Gasteiger charge is 2.10. The standard InChI is InChI=1S/C10H10N2O2S2.C9H9N3O2S2/c1-14-9(13)4-6-2-3-8(16-6)7-5-15-10(11)12-7;10-9-11-6(4-15-9)7-2-1-5(16-7)3-8(13)12-14/h2-3,5H,4H2,1H3,(H2,11,12);1-2,4,14H,3H2,(H2,10,11)(H,12,13). The molecule has 1 amide bonds. The van der Waals surface area contributed by atoms with Crippen molar-refractivity contribution in [2.45, 2.75) is 12.8 Å². The molecule has 0 aliphatic rings. The van der Waals surface area contributed by atoms with Gasteiger partial charge in [-0.25, -0.2) is 15.4 Å². The number of nitrogens with one attached hydrogen (secondary N) is 1. The number of methoxy groups -OCH3 is 1. The van der Waals surface area contributed by atoms with Gasteiger partial charge in [0.15, 0.2) is 10.3 Å². The molecule has 0 unspecified atom stereocenters. The van der Waals surface area contributed by atoms with Crippen LogP contribution in [0, 0.1) is 0 Å². The molecule has 0 bridgehead atoms. The molecule has 0 saturated heterocycles. The second kappa shape index (κ2) is 11.2. The Labute approximate surface area is 199 Å². The molecule has 0 fully saturated rings. The molecule has 0 saturated carbocycles. The van der Waals surface area contributed by atoms with Gasteiger partial charge in [0.05, 0.1) is 41.1 Å². The molecule has 0 spiro atoms. The lowest BCUT2D eigenvalue weighted by Crippen LogP contribution is -2.20. The number of aromatic nitrogens is 2. The van der Waals surface area contributed by atoms with Crippen LogP contribution in [0.1, 0.15) is 9.75 Å². The lowest BCUT2D eigenvalue weighted by Gasteiger charge is -1.94. The number of hydroxylamine groups is 1. The van der Waals surface area contributed by atoms with Crippen LogP contribution in [0.25, 0.3) is 21.1 Å². The average molecular weight is 510 g/mol. The van der Waals surface area contributed by atoms with Crippen molar-refractivity contribution in [3.05, 3.63) is 44.8 Å². The Morgan fingerprint density at radius 3 is 1.84 bits per heavy atom. The summed E-state index contributed by atoms with van der Waals surface area (Å²) in [5.41, 5.74) is 14.4. The van der Waals surface area contributed by atoms with E-state index in [4.69, 9.17) is 16.7 Å². The third kappa shape index (κ3) is 6.58. The highest BCUT2D eigenvalue weighted by Crippen LogP contribution is 2.31. The maximum atomic E-state index is 11.1. The molecule has 4 heterocycles. The first-order valence-corrected chi connectivity index (χ1v) is 12.4. The number of ether oxygens (including phenoxy) is 1. The quantitative estimate of drug-likeness (QED) is 0.174. The number of hydrogen-bond acceptors (Lipinski definition) is 12. The van der Waals surface area contributed by atoms with E-state index in [1.54, 1.807) is 5.48 Å². The summed E-state index contributed by atoms with van der Waals surface area (Å²) in [5, 5.41) is 13.3. The molecule has 32 heavy (non-hydrogen) atoms. The number of thiazole rings is 2. The van der Waals surface area contributed by atoms with Gasteiger partial charge in [-0.1, -0.05) is 0 Å². The summed E-state index contributed by atoms with van der Waals surface area (Å²) in [6.45, 7) is 0. The van der Waals surface area contributed by atoms with Crippen LogP contribution < -0.4 is 16.9 Å². The molecule has 4 rings (SSSR count). The van der Waals surface area contributed by atoms with Gasteiger partial charge in [-0.2, -0.15) is 0 Å². The minimum absolute atomic E-state index is 0.167. The van der Waals surface area contributed by atoms with Crippen molar-refractivity contribution in [2.75, 3.05) is 18.6 Å². The van der Waals surface area contributed by atoms with Gasteiger partial charge in [0.25, 0.3) is 0 Å². The fraction of sp³-hybridized carbons (Fsp3) is 0.158. The summed E-state index contributed by atoms with van der Waals surface area (Å²) in [4.78, 5) is 34.2. The molecule has 0 aromatic carbocycles. The molecule has 0 aliphatic carbocycles. The third-order valence-corrected chi connectivity index (χ3v) is 7.44. The van der Waals surface area contributed by atoms with E-state index in [0.29, 0.717) is 16.7 Å². The van der Waals surface area contributed by atoms with Crippen molar-refractivity contribution >= 4 is 67.5 Å². The minimum atomic E-state index is -0.425. The molecule has 168 valence electrons. The molecule has 9 nitrogen and oxygen atoms in total. The van der Waals surface area contributed by atoms with Crippen molar-refractivity contribution in [3.63, 3.8) is 0 Å². The Morgan fingerprint density at radius 2 is 1.44 bits per heavy atom. The summed E-state index contributed by atoms with van der Waals surface area (Å²) < 4.78 is 4.61. The second-order valence-electron chi connectivity index (χ2n) is 6.14. The van der Waals surface area contributed by atoms with Crippen LogP contribution >= 0.6 is 45.3 Å². The Bertz CT molecular complexity index is 1100. The number of amides is 1. The van der Waals surface area contributed by atoms with E-state index < -0.39 is 5.91 Å². The Balaban J connectivity index is 0.000000181. The van der Waals surface area contributed by atoms with Gasteiger partial charge in [-0.3, -0.25) is 14.8 Å². The summed E-state index contributed by atoms with van der Waals surface area (Å²) >= 11 is 5.78. The number of thiophene rings is 2. The number of nitrogen functional groups attached to an aromatic ring is 2. The van der Waals surface area contributed by atoms with Crippen LogP contribution in [0.3, 0.4) is 0 Å². The molecule has 4 aromatic rings. The fourth-order valence-electron chi connectivity index (χ4n) is 2.43. The molecule has 0 aliphatic heterocycles. The van der Waals surface area contributed by atoms with Crippen LogP contribution in [0.2, 0.25) is 0 Å². The van der Waals surface area contributed by atoms with Gasteiger partial charge < -0.3 is 16.2 Å². The molecule has 4 aromatic heterocycles. The lowest BCUT2D eigenvalue weighted by molar-refractivity contribution is -0.139. The van der Waals surface area contributed by atoms with E-state index in [0.717, 1.165) is 30.9 Å². The summed E-state index contributed by atoms with van der Waals surface area (Å²) in [5.74, 6) is -0.655. The Morgan fingerprint density at radius 1 is 0.938 bits per heavy atom. The highest BCUT2D eigenvalue weighted by atomic mass is 32.1. The second-order valence-corrected chi connectivity index (χ2v) is 10.3. The smallest absolute Gasteiger partial charge is 0.310 e.